The van der Waals surface area contributed by atoms with Crippen LogP contribution in [-0.4, -0.2) is 56.7 Å². The van der Waals surface area contributed by atoms with E-state index in [0.717, 1.165) is 0 Å². The molecular weight excluding hydrogens is 276 g/mol. The van der Waals surface area contributed by atoms with E-state index in [2.05, 4.69) is 5.32 Å². The third kappa shape index (κ3) is 2.58. The van der Waals surface area contributed by atoms with E-state index in [9.17, 15) is 9.59 Å². The van der Waals surface area contributed by atoms with Gasteiger partial charge in [-0.25, -0.2) is 0 Å². The predicted molar refractivity (Wildman–Crippen MR) is 72.9 cm³/mol. The van der Waals surface area contributed by atoms with Crippen LogP contribution < -0.4 is 19.5 Å². The van der Waals surface area contributed by atoms with Gasteiger partial charge in [0, 0.05) is 18.7 Å². The molecule has 2 amide bonds. The van der Waals surface area contributed by atoms with Crippen molar-refractivity contribution in [1.82, 2.24) is 10.2 Å². The molecule has 0 saturated carbocycles. The molecule has 2 aliphatic rings. The summed E-state index contributed by atoms with van der Waals surface area (Å²) in [5, 5.41) is 2.69. The van der Waals surface area contributed by atoms with Gasteiger partial charge in [0.2, 0.25) is 11.7 Å². The Morgan fingerprint density at radius 1 is 1.33 bits per heavy atom. The molecule has 1 N–H and O–H groups in total. The van der Waals surface area contributed by atoms with Gasteiger partial charge in [0.1, 0.15) is 13.2 Å². The Morgan fingerprint density at radius 3 is 2.90 bits per heavy atom. The number of hydrogen-bond acceptors (Lipinski definition) is 5. The van der Waals surface area contributed by atoms with E-state index in [1.54, 1.807) is 12.1 Å². The molecule has 1 fully saturated rings. The molecule has 21 heavy (non-hydrogen) atoms. The predicted octanol–water partition coefficient (Wildman–Crippen LogP) is 0.0384. The van der Waals surface area contributed by atoms with Crippen LogP contribution in [0.5, 0.6) is 17.2 Å². The Balaban J connectivity index is 1.91. The smallest absolute Gasteiger partial charge is 0.254 e. The second kappa shape index (κ2) is 5.51. The molecule has 0 spiro atoms. The number of ether oxygens (including phenoxy) is 3. The third-order valence-corrected chi connectivity index (χ3v) is 3.40. The van der Waals surface area contributed by atoms with Crippen LogP contribution in [0.3, 0.4) is 0 Å². The highest BCUT2D eigenvalue weighted by molar-refractivity contribution is 5.98. The van der Waals surface area contributed by atoms with Gasteiger partial charge in [-0.3, -0.25) is 9.59 Å². The van der Waals surface area contributed by atoms with Crippen LogP contribution in [0.4, 0.5) is 0 Å². The largest absolute Gasteiger partial charge is 0.493 e. The number of carbonyl (C=O) groups excluding carboxylic acids is 2. The normalized spacial score (nSPS) is 17.2. The lowest BCUT2D eigenvalue weighted by Gasteiger charge is -2.27. The van der Waals surface area contributed by atoms with Gasteiger partial charge in [0.15, 0.2) is 11.5 Å². The number of piperazine rings is 1. The van der Waals surface area contributed by atoms with Gasteiger partial charge in [0.05, 0.1) is 13.7 Å². The standard InChI is InChI=1S/C14H16N2O5/c1-19-10-6-9(7-11-13(10)21-5-4-20-11)14(18)16-3-2-15-12(17)8-16/h6-7H,2-5,8H2,1H3,(H,15,17). The van der Waals surface area contributed by atoms with Crippen molar-refractivity contribution in [3.05, 3.63) is 17.7 Å². The first kappa shape index (κ1) is 13.5. The lowest BCUT2D eigenvalue weighted by Crippen LogP contribution is -2.49. The average molecular weight is 292 g/mol. The second-order valence-corrected chi connectivity index (χ2v) is 4.78. The molecule has 2 aliphatic heterocycles. The monoisotopic (exact) mass is 292 g/mol. The molecule has 0 bridgehead atoms. The van der Waals surface area contributed by atoms with Crippen LogP contribution in [0.2, 0.25) is 0 Å². The average Bonchev–Trinajstić information content (AvgIpc) is 2.53. The van der Waals surface area contributed by atoms with Gasteiger partial charge in [-0.05, 0) is 12.1 Å². The molecule has 7 nitrogen and oxygen atoms in total. The van der Waals surface area contributed by atoms with Crippen molar-refractivity contribution < 1.29 is 23.8 Å². The lowest BCUT2D eigenvalue weighted by atomic mass is 10.1. The molecule has 7 heteroatoms. The molecule has 0 aromatic heterocycles. The topological polar surface area (TPSA) is 77.1 Å². The number of rotatable bonds is 2. The van der Waals surface area contributed by atoms with Gasteiger partial charge < -0.3 is 24.4 Å². The van der Waals surface area contributed by atoms with Gasteiger partial charge >= 0.3 is 0 Å². The van der Waals surface area contributed by atoms with Crippen LogP contribution in [-0.2, 0) is 4.79 Å². The molecule has 3 rings (SSSR count). The van der Waals surface area contributed by atoms with Crippen LogP contribution in [0, 0.1) is 0 Å². The fourth-order valence-electron chi connectivity index (χ4n) is 2.39. The van der Waals surface area contributed by atoms with Crippen molar-refractivity contribution >= 4 is 11.8 Å². The molecular formula is C14H16N2O5. The molecule has 1 aromatic carbocycles. The van der Waals surface area contributed by atoms with Gasteiger partial charge in [0.25, 0.3) is 5.91 Å². The Kier molecular flexibility index (Phi) is 3.55. The van der Waals surface area contributed by atoms with Crippen molar-refractivity contribution in [2.24, 2.45) is 0 Å². The number of benzene rings is 1. The van der Waals surface area contributed by atoms with Crippen LogP contribution >= 0.6 is 0 Å². The summed E-state index contributed by atoms with van der Waals surface area (Å²) in [6.45, 7) is 1.89. The molecule has 1 saturated heterocycles. The van der Waals surface area contributed by atoms with E-state index < -0.39 is 0 Å². The van der Waals surface area contributed by atoms with Crippen LogP contribution in [0.25, 0.3) is 0 Å². The van der Waals surface area contributed by atoms with Crippen molar-refractivity contribution in [3.63, 3.8) is 0 Å². The highest BCUT2D eigenvalue weighted by atomic mass is 16.6. The summed E-state index contributed by atoms with van der Waals surface area (Å²) in [7, 11) is 1.51. The minimum absolute atomic E-state index is 0.0651. The maximum absolute atomic E-state index is 12.5. The van der Waals surface area contributed by atoms with E-state index in [-0.39, 0.29) is 18.4 Å². The first-order valence-electron chi connectivity index (χ1n) is 6.72. The number of nitrogens with one attached hydrogen (secondary N) is 1. The summed E-state index contributed by atoms with van der Waals surface area (Å²) in [6, 6.07) is 3.24. The second-order valence-electron chi connectivity index (χ2n) is 4.78. The van der Waals surface area contributed by atoms with Crippen LogP contribution in [0.1, 0.15) is 10.4 Å². The van der Waals surface area contributed by atoms with Crippen molar-refractivity contribution in [3.8, 4) is 17.2 Å². The summed E-state index contributed by atoms with van der Waals surface area (Å²) in [5.41, 5.74) is 0.422. The minimum Gasteiger partial charge on any atom is -0.493 e. The quantitative estimate of drug-likeness (QED) is 0.832. The minimum atomic E-state index is -0.222. The Hall–Kier alpha value is -2.44. The van der Waals surface area contributed by atoms with E-state index in [1.165, 1.54) is 12.0 Å². The molecule has 0 atom stereocenters. The zero-order valence-corrected chi connectivity index (χ0v) is 11.7. The Labute approximate surface area is 121 Å². The summed E-state index contributed by atoms with van der Waals surface area (Å²) in [6.07, 6.45) is 0. The summed E-state index contributed by atoms with van der Waals surface area (Å²) >= 11 is 0. The maximum atomic E-state index is 12.5. The number of carbonyl (C=O) groups is 2. The third-order valence-electron chi connectivity index (χ3n) is 3.40. The summed E-state index contributed by atoms with van der Waals surface area (Å²) < 4.78 is 16.3. The SMILES string of the molecule is COc1cc(C(=O)N2CCNC(=O)C2)cc2c1OCCO2. The lowest BCUT2D eigenvalue weighted by molar-refractivity contribution is -0.123. The Morgan fingerprint density at radius 2 is 2.14 bits per heavy atom. The first-order chi connectivity index (χ1) is 10.2. The summed E-state index contributed by atoms with van der Waals surface area (Å²) in [5.74, 6) is 1.08. The zero-order chi connectivity index (χ0) is 14.8. The maximum Gasteiger partial charge on any atom is 0.254 e. The fraction of sp³-hybridized carbons (Fsp3) is 0.429. The molecule has 1 aromatic rings. The highest BCUT2D eigenvalue weighted by Gasteiger charge is 2.26. The molecule has 0 radical (unpaired) electrons. The summed E-state index contributed by atoms with van der Waals surface area (Å²) in [4.78, 5) is 25.4. The van der Waals surface area contributed by atoms with Gasteiger partial charge in [-0.1, -0.05) is 0 Å². The number of methoxy groups -OCH3 is 1. The van der Waals surface area contributed by atoms with Crippen LogP contribution in [0.15, 0.2) is 12.1 Å². The number of amides is 2. The van der Waals surface area contributed by atoms with E-state index in [4.69, 9.17) is 14.2 Å². The van der Waals surface area contributed by atoms with E-state index in [0.29, 0.717) is 49.1 Å². The van der Waals surface area contributed by atoms with Crippen molar-refractivity contribution in [2.75, 3.05) is 40.0 Å². The number of hydrogen-bond donors (Lipinski definition) is 1. The fourth-order valence-corrected chi connectivity index (χ4v) is 2.39. The molecule has 112 valence electrons. The first-order valence-corrected chi connectivity index (χ1v) is 6.72. The highest BCUT2D eigenvalue weighted by Crippen LogP contribution is 2.40. The van der Waals surface area contributed by atoms with E-state index in [1.807, 2.05) is 0 Å². The van der Waals surface area contributed by atoms with Gasteiger partial charge in [-0.15, -0.1) is 0 Å². The van der Waals surface area contributed by atoms with E-state index >= 15 is 0 Å². The zero-order valence-electron chi connectivity index (χ0n) is 11.7. The molecule has 0 aliphatic carbocycles. The van der Waals surface area contributed by atoms with Crippen molar-refractivity contribution in [2.45, 2.75) is 0 Å². The van der Waals surface area contributed by atoms with Gasteiger partial charge in [-0.2, -0.15) is 0 Å². The van der Waals surface area contributed by atoms with Crippen molar-refractivity contribution in [1.29, 1.82) is 0 Å². The number of fused-ring (bicyclic) bond motifs is 1. The Bertz CT molecular complexity index is 570. The molecule has 0 unspecified atom stereocenters. The molecule has 2 heterocycles. The number of nitrogens with zero attached hydrogens (tertiary/aromatic N) is 1.